The lowest BCUT2D eigenvalue weighted by Gasteiger charge is -2.17. The van der Waals surface area contributed by atoms with Gasteiger partial charge >= 0.3 is 0 Å². The third-order valence-corrected chi connectivity index (χ3v) is 2.01. The fourth-order valence-electron chi connectivity index (χ4n) is 1.28. The summed E-state index contributed by atoms with van der Waals surface area (Å²) in [5.41, 5.74) is 0. The molecule has 0 saturated carbocycles. The number of hydrogen-bond donors (Lipinski definition) is 2. The highest BCUT2D eigenvalue weighted by Gasteiger charge is 2.14. The maximum Gasteiger partial charge on any atom is 0.154 e. The Morgan fingerprint density at radius 2 is 1.64 bits per heavy atom. The molecule has 0 spiro atoms. The van der Waals surface area contributed by atoms with Crippen molar-refractivity contribution in [2.45, 2.75) is 52.2 Å². The average Bonchev–Trinajstić information content (AvgIpc) is 1.97. The van der Waals surface area contributed by atoms with E-state index in [1.807, 2.05) is 0 Å². The van der Waals surface area contributed by atoms with E-state index in [1.165, 1.54) is 0 Å². The van der Waals surface area contributed by atoms with E-state index in [9.17, 15) is 0 Å². The van der Waals surface area contributed by atoms with Crippen LogP contribution in [-0.4, -0.2) is 16.5 Å². The minimum Gasteiger partial charge on any atom is -0.368 e. The Labute approximate surface area is 69.2 Å². The predicted octanol–water partition coefficient (Wildman–Crippen LogP) is 1.90. The van der Waals surface area contributed by atoms with Crippen molar-refractivity contribution in [3.05, 3.63) is 0 Å². The molecule has 0 aliphatic carbocycles. The molecule has 0 rings (SSSR count). The molecule has 0 aliphatic rings. The van der Waals surface area contributed by atoms with Crippen molar-refractivity contribution in [1.82, 2.24) is 0 Å². The maximum absolute atomic E-state index is 8.93. The smallest absolute Gasteiger partial charge is 0.154 e. The van der Waals surface area contributed by atoms with Crippen LogP contribution in [0.2, 0.25) is 0 Å². The number of hydrogen-bond acceptors (Lipinski definition) is 2. The number of rotatable bonds is 6. The molecular formula is C9H20O2. The highest BCUT2D eigenvalue weighted by atomic mass is 16.5. The van der Waals surface area contributed by atoms with E-state index < -0.39 is 6.29 Å². The van der Waals surface area contributed by atoms with Crippen LogP contribution in [-0.2, 0) is 0 Å². The molecule has 11 heavy (non-hydrogen) atoms. The van der Waals surface area contributed by atoms with Gasteiger partial charge in [-0.3, -0.25) is 0 Å². The third-order valence-electron chi connectivity index (χ3n) is 2.01. The van der Waals surface area contributed by atoms with Crippen LogP contribution in [0.25, 0.3) is 0 Å². The van der Waals surface area contributed by atoms with Crippen LogP contribution in [0, 0.1) is 5.92 Å². The zero-order valence-corrected chi connectivity index (χ0v) is 7.58. The Morgan fingerprint density at radius 1 is 1.00 bits per heavy atom. The first kappa shape index (κ1) is 10.9. The molecular weight excluding hydrogens is 140 g/mol. The van der Waals surface area contributed by atoms with Crippen molar-refractivity contribution in [3.8, 4) is 0 Å². The van der Waals surface area contributed by atoms with E-state index in [0.29, 0.717) is 0 Å². The average molecular weight is 160 g/mol. The second-order valence-corrected chi connectivity index (χ2v) is 3.10. The van der Waals surface area contributed by atoms with E-state index in [0.717, 1.165) is 32.1 Å². The van der Waals surface area contributed by atoms with Crippen molar-refractivity contribution in [3.63, 3.8) is 0 Å². The van der Waals surface area contributed by atoms with Crippen molar-refractivity contribution in [2.75, 3.05) is 0 Å². The molecule has 68 valence electrons. The summed E-state index contributed by atoms with van der Waals surface area (Å²) in [7, 11) is 0. The van der Waals surface area contributed by atoms with Gasteiger partial charge in [0.25, 0.3) is 0 Å². The second-order valence-electron chi connectivity index (χ2n) is 3.10. The fourth-order valence-corrected chi connectivity index (χ4v) is 1.28. The van der Waals surface area contributed by atoms with Crippen molar-refractivity contribution in [1.29, 1.82) is 0 Å². The minimum atomic E-state index is -1.11. The van der Waals surface area contributed by atoms with E-state index in [-0.39, 0.29) is 5.92 Å². The van der Waals surface area contributed by atoms with E-state index >= 15 is 0 Å². The lowest BCUT2D eigenvalue weighted by molar-refractivity contribution is -0.0885. The summed E-state index contributed by atoms with van der Waals surface area (Å²) in [5.74, 6) is 0.0972. The molecule has 0 aromatic heterocycles. The maximum atomic E-state index is 8.93. The fraction of sp³-hybridized carbons (Fsp3) is 1.00. The first-order chi connectivity index (χ1) is 5.22. The Hall–Kier alpha value is -0.0800. The van der Waals surface area contributed by atoms with Crippen LogP contribution in [0.1, 0.15) is 46.0 Å². The number of aliphatic hydroxyl groups excluding tert-OH is 1. The van der Waals surface area contributed by atoms with Crippen molar-refractivity contribution in [2.24, 2.45) is 5.92 Å². The van der Waals surface area contributed by atoms with Gasteiger partial charge in [0.1, 0.15) is 0 Å². The van der Waals surface area contributed by atoms with Crippen molar-refractivity contribution >= 4 is 0 Å². The van der Waals surface area contributed by atoms with Crippen LogP contribution < -0.4 is 0 Å². The number of aliphatic hydroxyl groups is 2. The Kier molecular flexibility index (Phi) is 6.57. The van der Waals surface area contributed by atoms with Gasteiger partial charge in [0.2, 0.25) is 0 Å². The zero-order chi connectivity index (χ0) is 8.69. The molecule has 0 fully saturated rings. The van der Waals surface area contributed by atoms with E-state index in [1.54, 1.807) is 0 Å². The molecule has 1 unspecified atom stereocenters. The van der Waals surface area contributed by atoms with Crippen LogP contribution in [0.15, 0.2) is 0 Å². The van der Waals surface area contributed by atoms with E-state index in [2.05, 4.69) is 13.8 Å². The first-order valence-electron chi connectivity index (χ1n) is 4.58. The summed E-state index contributed by atoms with van der Waals surface area (Å²) < 4.78 is 0. The van der Waals surface area contributed by atoms with Gasteiger partial charge in [-0.2, -0.15) is 0 Å². The summed E-state index contributed by atoms with van der Waals surface area (Å²) in [4.78, 5) is 0. The molecule has 0 heterocycles. The standard InChI is InChI=1S/C9H20O2/c1-3-5-7-8(6-4-2)9(10)11/h8-11H,3-7H2,1-2H3. The van der Waals surface area contributed by atoms with Crippen LogP contribution in [0.5, 0.6) is 0 Å². The molecule has 0 aromatic rings. The molecule has 2 nitrogen and oxygen atoms in total. The SMILES string of the molecule is CCCCC(CCC)C(O)O. The molecule has 0 aromatic carbocycles. The van der Waals surface area contributed by atoms with Gasteiger partial charge in [-0.15, -0.1) is 0 Å². The largest absolute Gasteiger partial charge is 0.368 e. The molecule has 2 N–H and O–H groups in total. The van der Waals surface area contributed by atoms with Gasteiger partial charge in [0.15, 0.2) is 6.29 Å². The minimum absolute atomic E-state index is 0.0972. The Balaban J connectivity index is 3.51. The molecule has 0 saturated heterocycles. The quantitative estimate of drug-likeness (QED) is 0.583. The normalized spacial score (nSPS) is 13.9. The summed E-state index contributed by atoms with van der Waals surface area (Å²) in [5, 5.41) is 17.9. The summed E-state index contributed by atoms with van der Waals surface area (Å²) >= 11 is 0. The second kappa shape index (κ2) is 6.62. The molecule has 1 atom stereocenters. The topological polar surface area (TPSA) is 40.5 Å². The lowest BCUT2D eigenvalue weighted by Crippen LogP contribution is -2.19. The highest BCUT2D eigenvalue weighted by molar-refractivity contribution is 4.59. The van der Waals surface area contributed by atoms with Gasteiger partial charge < -0.3 is 10.2 Å². The van der Waals surface area contributed by atoms with Crippen molar-refractivity contribution < 1.29 is 10.2 Å². The zero-order valence-electron chi connectivity index (χ0n) is 7.58. The van der Waals surface area contributed by atoms with Gasteiger partial charge in [0, 0.05) is 5.92 Å². The first-order valence-corrected chi connectivity index (χ1v) is 4.58. The molecule has 2 heteroatoms. The summed E-state index contributed by atoms with van der Waals surface area (Å²) in [6, 6.07) is 0. The Bertz CT molecular complexity index is 81.6. The summed E-state index contributed by atoms with van der Waals surface area (Å²) in [6.45, 7) is 4.19. The summed E-state index contributed by atoms with van der Waals surface area (Å²) in [6.07, 6.45) is 4.03. The molecule has 0 bridgehead atoms. The molecule has 0 amide bonds. The van der Waals surface area contributed by atoms with Gasteiger partial charge in [0.05, 0.1) is 0 Å². The van der Waals surface area contributed by atoms with Crippen LogP contribution in [0.3, 0.4) is 0 Å². The Morgan fingerprint density at radius 3 is 2.00 bits per heavy atom. The third kappa shape index (κ3) is 5.22. The van der Waals surface area contributed by atoms with Gasteiger partial charge in [-0.25, -0.2) is 0 Å². The van der Waals surface area contributed by atoms with Crippen LogP contribution in [0.4, 0.5) is 0 Å². The van der Waals surface area contributed by atoms with Gasteiger partial charge in [-0.1, -0.05) is 33.1 Å². The van der Waals surface area contributed by atoms with Crippen LogP contribution >= 0.6 is 0 Å². The van der Waals surface area contributed by atoms with Gasteiger partial charge in [-0.05, 0) is 12.8 Å². The number of unbranched alkanes of at least 4 members (excludes halogenated alkanes) is 1. The highest BCUT2D eigenvalue weighted by Crippen LogP contribution is 2.17. The lowest BCUT2D eigenvalue weighted by atomic mass is 9.97. The molecule has 0 radical (unpaired) electrons. The predicted molar refractivity (Wildman–Crippen MR) is 46.1 cm³/mol. The van der Waals surface area contributed by atoms with E-state index in [4.69, 9.17) is 10.2 Å². The molecule has 0 aliphatic heterocycles. The monoisotopic (exact) mass is 160 g/mol.